The van der Waals surface area contributed by atoms with Crippen molar-refractivity contribution in [1.82, 2.24) is 10.3 Å². The second-order valence-corrected chi connectivity index (χ2v) is 7.48. The summed E-state index contributed by atoms with van der Waals surface area (Å²) in [7, 11) is 1.60. The maximum Gasteiger partial charge on any atom is 0.253 e. The second kappa shape index (κ2) is 9.68. The predicted molar refractivity (Wildman–Crippen MR) is 125 cm³/mol. The Bertz CT molecular complexity index is 1050. The number of benzene rings is 2. The van der Waals surface area contributed by atoms with E-state index in [-0.39, 0.29) is 5.91 Å². The predicted octanol–water partition coefficient (Wildman–Crippen LogP) is 4.42. The minimum absolute atomic E-state index is 0.174. The SMILES string of the molecule is CNC(=O)c1ccccc1Nc1cc(Nc2ccc(N3CCOCC3)cc2)ncc1Cl. The number of aromatic nitrogens is 1. The number of amides is 1. The maximum atomic E-state index is 12.1. The molecule has 3 N–H and O–H groups in total. The van der Waals surface area contributed by atoms with Crippen LogP contribution in [0.1, 0.15) is 10.4 Å². The van der Waals surface area contributed by atoms with E-state index in [2.05, 4.69) is 38.0 Å². The monoisotopic (exact) mass is 437 g/mol. The highest BCUT2D eigenvalue weighted by atomic mass is 35.5. The molecule has 3 aromatic rings. The van der Waals surface area contributed by atoms with Crippen molar-refractivity contribution in [2.75, 3.05) is 48.9 Å². The van der Waals surface area contributed by atoms with Crippen molar-refractivity contribution in [3.63, 3.8) is 0 Å². The zero-order valence-corrected chi connectivity index (χ0v) is 17.9. The van der Waals surface area contributed by atoms with Gasteiger partial charge in [-0.3, -0.25) is 4.79 Å². The summed E-state index contributed by atoms with van der Waals surface area (Å²) in [6, 6.07) is 17.3. The standard InChI is InChI=1S/C23H24ClN5O2/c1-25-23(30)18-4-2-3-5-20(18)28-21-14-22(26-15-19(21)24)27-16-6-8-17(9-7-16)29-10-12-31-13-11-29/h2-9,14-15H,10-13H2,1H3,(H,25,30)(H2,26,27,28). The average Bonchev–Trinajstić information content (AvgIpc) is 2.82. The molecule has 160 valence electrons. The zero-order chi connectivity index (χ0) is 21.6. The summed E-state index contributed by atoms with van der Waals surface area (Å²) in [5.41, 5.74) is 3.94. The molecular formula is C23H24ClN5O2. The van der Waals surface area contributed by atoms with Crippen molar-refractivity contribution in [3.05, 3.63) is 71.4 Å². The topological polar surface area (TPSA) is 78.5 Å². The summed E-state index contributed by atoms with van der Waals surface area (Å²) in [6.45, 7) is 3.32. The van der Waals surface area contributed by atoms with Gasteiger partial charge in [0.05, 0.1) is 41.4 Å². The quantitative estimate of drug-likeness (QED) is 0.530. The molecule has 0 bridgehead atoms. The smallest absolute Gasteiger partial charge is 0.253 e. The number of morpholine rings is 1. The van der Waals surface area contributed by atoms with E-state index in [1.54, 1.807) is 19.3 Å². The van der Waals surface area contributed by atoms with E-state index in [0.717, 1.165) is 32.0 Å². The van der Waals surface area contributed by atoms with E-state index in [4.69, 9.17) is 16.3 Å². The normalized spacial score (nSPS) is 13.5. The number of hydrogen-bond acceptors (Lipinski definition) is 6. The van der Waals surface area contributed by atoms with Gasteiger partial charge in [-0.15, -0.1) is 0 Å². The van der Waals surface area contributed by atoms with Crippen LogP contribution in [0.25, 0.3) is 0 Å². The zero-order valence-electron chi connectivity index (χ0n) is 17.2. The number of ether oxygens (including phenoxy) is 1. The van der Waals surface area contributed by atoms with Crippen molar-refractivity contribution in [2.24, 2.45) is 0 Å². The first-order chi connectivity index (χ1) is 15.1. The molecule has 1 saturated heterocycles. The number of rotatable bonds is 6. The Balaban J connectivity index is 1.50. The van der Waals surface area contributed by atoms with Gasteiger partial charge in [0.1, 0.15) is 5.82 Å². The number of halogens is 1. The van der Waals surface area contributed by atoms with Crippen molar-refractivity contribution in [3.8, 4) is 0 Å². The van der Waals surface area contributed by atoms with Gasteiger partial charge < -0.3 is 25.6 Å². The number of pyridine rings is 1. The molecule has 0 spiro atoms. The summed E-state index contributed by atoms with van der Waals surface area (Å²) < 4.78 is 5.41. The first kappa shape index (κ1) is 21.0. The van der Waals surface area contributed by atoms with E-state index in [0.29, 0.717) is 27.8 Å². The summed E-state index contributed by atoms with van der Waals surface area (Å²) in [5, 5.41) is 9.65. The molecule has 1 aliphatic heterocycles. The molecule has 31 heavy (non-hydrogen) atoms. The molecule has 0 radical (unpaired) electrons. The van der Waals surface area contributed by atoms with Gasteiger partial charge in [0.2, 0.25) is 0 Å². The third-order valence-corrected chi connectivity index (χ3v) is 5.34. The molecule has 2 aromatic carbocycles. The highest BCUT2D eigenvalue weighted by Crippen LogP contribution is 2.30. The van der Waals surface area contributed by atoms with E-state index in [1.807, 2.05) is 36.4 Å². The van der Waals surface area contributed by atoms with Gasteiger partial charge in [0.25, 0.3) is 5.91 Å². The molecule has 7 nitrogen and oxygen atoms in total. The van der Waals surface area contributed by atoms with Crippen molar-refractivity contribution >= 4 is 46.1 Å². The van der Waals surface area contributed by atoms with Crippen LogP contribution in [-0.4, -0.2) is 44.2 Å². The summed E-state index contributed by atoms with van der Waals surface area (Å²) in [4.78, 5) is 18.8. The third kappa shape index (κ3) is 5.07. The van der Waals surface area contributed by atoms with Crippen LogP contribution >= 0.6 is 11.6 Å². The highest BCUT2D eigenvalue weighted by molar-refractivity contribution is 6.33. The Morgan fingerprint density at radius 2 is 1.77 bits per heavy atom. The number of nitrogens with zero attached hydrogens (tertiary/aromatic N) is 2. The number of nitrogens with one attached hydrogen (secondary N) is 3. The molecule has 8 heteroatoms. The van der Waals surface area contributed by atoms with Gasteiger partial charge in [-0.2, -0.15) is 0 Å². The average molecular weight is 438 g/mol. The molecule has 4 rings (SSSR count). The van der Waals surface area contributed by atoms with Gasteiger partial charge in [0, 0.05) is 37.6 Å². The van der Waals surface area contributed by atoms with E-state index in [1.165, 1.54) is 5.69 Å². The molecule has 0 unspecified atom stereocenters. The number of carbonyl (C=O) groups excluding carboxylic acids is 1. The van der Waals surface area contributed by atoms with Gasteiger partial charge in [0.15, 0.2) is 0 Å². The molecule has 2 heterocycles. The lowest BCUT2D eigenvalue weighted by Crippen LogP contribution is -2.36. The van der Waals surface area contributed by atoms with Crippen molar-refractivity contribution in [1.29, 1.82) is 0 Å². The molecular weight excluding hydrogens is 414 g/mol. The summed E-state index contributed by atoms with van der Waals surface area (Å²) >= 11 is 6.35. The molecule has 0 atom stereocenters. The lowest BCUT2D eigenvalue weighted by atomic mass is 10.1. The summed E-state index contributed by atoms with van der Waals surface area (Å²) in [5.74, 6) is 0.468. The van der Waals surface area contributed by atoms with Crippen LogP contribution < -0.4 is 20.9 Å². The lowest BCUT2D eigenvalue weighted by Gasteiger charge is -2.28. The lowest BCUT2D eigenvalue weighted by molar-refractivity contribution is 0.0964. The Morgan fingerprint density at radius 1 is 1.03 bits per heavy atom. The Morgan fingerprint density at radius 3 is 2.52 bits per heavy atom. The summed E-state index contributed by atoms with van der Waals surface area (Å²) in [6.07, 6.45) is 1.58. The van der Waals surface area contributed by atoms with Crippen LogP contribution in [-0.2, 0) is 4.74 Å². The van der Waals surface area contributed by atoms with Crippen LogP contribution in [0.3, 0.4) is 0 Å². The molecule has 0 saturated carbocycles. The Labute approximate surface area is 186 Å². The number of carbonyl (C=O) groups is 1. The van der Waals surface area contributed by atoms with E-state index < -0.39 is 0 Å². The number of hydrogen-bond donors (Lipinski definition) is 3. The molecule has 1 amide bonds. The van der Waals surface area contributed by atoms with Crippen molar-refractivity contribution < 1.29 is 9.53 Å². The minimum Gasteiger partial charge on any atom is -0.378 e. The van der Waals surface area contributed by atoms with Crippen LogP contribution in [0.15, 0.2) is 60.8 Å². The van der Waals surface area contributed by atoms with Crippen LogP contribution in [0.2, 0.25) is 5.02 Å². The van der Waals surface area contributed by atoms with Gasteiger partial charge >= 0.3 is 0 Å². The van der Waals surface area contributed by atoms with E-state index in [9.17, 15) is 4.79 Å². The molecule has 0 aliphatic carbocycles. The fraction of sp³-hybridized carbons (Fsp3) is 0.217. The Hall–Kier alpha value is -3.29. The first-order valence-electron chi connectivity index (χ1n) is 10.1. The second-order valence-electron chi connectivity index (χ2n) is 7.07. The highest BCUT2D eigenvalue weighted by Gasteiger charge is 2.13. The van der Waals surface area contributed by atoms with Crippen LogP contribution in [0, 0.1) is 0 Å². The third-order valence-electron chi connectivity index (χ3n) is 5.04. The number of para-hydroxylation sites is 1. The first-order valence-corrected chi connectivity index (χ1v) is 10.5. The van der Waals surface area contributed by atoms with Crippen LogP contribution in [0.5, 0.6) is 0 Å². The van der Waals surface area contributed by atoms with Gasteiger partial charge in [-0.25, -0.2) is 4.98 Å². The molecule has 1 fully saturated rings. The maximum absolute atomic E-state index is 12.1. The Kier molecular flexibility index (Phi) is 6.54. The largest absolute Gasteiger partial charge is 0.378 e. The number of anilines is 5. The molecule has 1 aromatic heterocycles. The van der Waals surface area contributed by atoms with Gasteiger partial charge in [-0.1, -0.05) is 23.7 Å². The van der Waals surface area contributed by atoms with Crippen LogP contribution in [0.4, 0.5) is 28.6 Å². The van der Waals surface area contributed by atoms with E-state index >= 15 is 0 Å². The fourth-order valence-electron chi connectivity index (χ4n) is 3.40. The van der Waals surface area contributed by atoms with Gasteiger partial charge in [-0.05, 0) is 36.4 Å². The minimum atomic E-state index is -0.174. The molecule has 1 aliphatic rings. The fourth-order valence-corrected chi connectivity index (χ4v) is 3.55. The van der Waals surface area contributed by atoms with Crippen molar-refractivity contribution in [2.45, 2.75) is 0 Å².